The standard InChI is InChI=1S/C16H22N2O/c19-16(17-15-6-7-15)12-18-10-8-14(9-11-18)13-4-2-1-3-5-13/h1-5,14-15H,6-12H2,(H,17,19). The van der Waals surface area contributed by atoms with Crippen LogP contribution in [0.5, 0.6) is 0 Å². The van der Waals surface area contributed by atoms with E-state index < -0.39 is 0 Å². The molecule has 1 saturated heterocycles. The second kappa shape index (κ2) is 5.74. The lowest BCUT2D eigenvalue weighted by Gasteiger charge is -2.31. The number of hydrogen-bond donors (Lipinski definition) is 1. The van der Waals surface area contributed by atoms with Crippen LogP contribution in [0.25, 0.3) is 0 Å². The van der Waals surface area contributed by atoms with Gasteiger partial charge in [-0.05, 0) is 50.3 Å². The van der Waals surface area contributed by atoms with E-state index in [1.807, 2.05) is 0 Å². The lowest BCUT2D eigenvalue weighted by atomic mass is 9.89. The maximum absolute atomic E-state index is 11.8. The van der Waals surface area contributed by atoms with E-state index in [1.165, 1.54) is 31.2 Å². The molecule has 1 aliphatic carbocycles. The van der Waals surface area contributed by atoms with Gasteiger partial charge < -0.3 is 5.32 Å². The first-order valence-electron chi connectivity index (χ1n) is 7.38. The van der Waals surface area contributed by atoms with Crippen molar-refractivity contribution in [2.75, 3.05) is 19.6 Å². The van der Waals surface area contributed by atoms with Crippen molar-refractivity contribution in [2.24, 2.45) is 0 Å². The molecule has 3 rings (SSSR count). The summed E-state index contributed by atoms with van der Waals surface area (Å²) in [5.74, 6) is 0.879. The van der Waals surface area contributed by atoms with Gasteiger partial charge in [0.25, 0.3) is 0 Å². The van der Waals surface area contributed by atoms with Crippen LogP contribution in [-0.4, -0.2) is 36.5 Å². The van der Waals surface area contributed by atoms with Gasteiger partial charge >= 0.3 is 0 Å². The number of nitrogens with zero attached hydrogens (tertiary/aromatic N) is 1. The van der Waals surface area contributed by atoms with E-state index in [4.69, 9.17) is 0 Å². The maximum Gasteiger partial charge on any atom is 0.234 e. The van der Waals surface area contributed by atoms with E-state index >= 15 is 0 Å². The minimum Gasteiger partial charge on any atom is -0.352 e. The average Bonchev–Trinajstić information content (AvgIpc) is 3.24. The molecule has 1 heterocycles. The van der Waals surface area contributed by atoms with Gasteiger partial charge in [0, 0.05) is 6.04 Å². The van der Waals surface area contributed by atoms with Crippen molar-refractivity contribution in [3.63, 3.8) is 0 Å². The maximum atomic E-state index is 11.8. The van der Waals surface area contributed by atoms with Crippen molar-refractivity contribution in [1.82, 2.24) is 10.2 Å². The molecule has 0 aromatic heterocycles. The number of rotatable bonds is 4. The van der Waals surface area contributed by atoms with Crippen molar-refractivity contribution in [3.05, 3.63) is 35.9 Å². The van der Waals surface area contributed by atoms with Crippen LogP contribution in [0.15, 0.2) is 30.3 Å². The molecule has 1 aromatic rings. The normalized spacial score (nSPS) is 21.3. The minimum atomic E-state index is 0.209. The number of benzene rings is 1. The Bertz CT molecular complexity index is 420. The number of amides is 1. The Kier molecular flexibility index (Phi) is 3.83. The largest absolute Gasteiger partial charge is 0.352 e. The number of piperidine rings is 1. The Morgan fingerprint density at radius 1 is 1.11 bits per heavy atom. The molecular formula is C16H22N2O. The fraction of sp³-hybridized carbons (Fsp3) is 0.562. The van der Waals surface area contributed by atoms with E-state index in [-0.39, 0.29) is 5.91 Å². The molecule has 0 radical (unpaired) electrons. The number of carbonyl (C=O) groups is 1. The van der Waals surface area contributed by atoms with Crippen molar-refractivity contribution < 1.29 is 4.79 Å². The molecule has 1 N–H and O–H groups in total. The topological polar surface area (TPSA) is 32.3 Å². The van der Waals surface area contributed by atoms with Crippen LogP contribution >= 0.6 is 0 Å². The number of carbonyl (C=O) groups excluding carboxylic acids is 1. The van der Waals surface area contributed by atoms with Gasteiger partial charge in [-0.15, -0.1) is 0 Å². The molecule has 1 amide bonds. The molecule has 0 atom stereocenters. The molecule has 0 unspecified atom stereocenters. The first kappa shape index (κ1) is 12.7. The van der Waals surface area contributed by atoms with Gasteiger partial charge in [0.2, 0.25) is 5.91 Å². The Morgan fingerprint density at radius 3 is 2.42 bits per heavy atom. The molecule has 19 heavy (non-hydrogen) atoms. The van der Waals surface area contributed by atoms with E-state index in [0.29, 0.717) is 18.5 Å². The van der Waals surface area contributed by atoms with E-state index in [0.717, 1.165) is 13.1 Å². The zero-order valence-corrected chi connectivity index (χ0v) is 11.3. The van der Waals surface area contributed by atoms with Crippen LogP contribution in [0.2, 0.25) is 0 Å². The fourth-order valence-electron chi connectivity index (χ4n) is 2.85. The number of hydrogen-bond acceptors (Lipinski definition) is 2. The Morgan fingerprint density at radius 2 is 1.79 bits per heavy atom. The molecule has 3 heteroatoms. The quantitative estimate of drug-likeness (QED) is 0.897. The van der Waals surface area contributed by atoms with E-state index in [9.17, 15) is 4.79 Å². The molecule has 0 bridgehead atoms. The predicted octanol–water partition coefficient (Wildman–Crippen LogP) is 2.14. The fourth-order valence-corrected chi connectivity index (χ4v) is 2.85. The van der Waals surface area contributed by atoms with Gasteiger partial charge in [-0.3, -0.25) is 9.69 Å². The van der Waals surface area contributed by atoms with Crippen LogP contribution in [0.4, 0.5) is 0 Å². The van der Waals surface area contributed by atoms with Gasteiger partial charge in [0.05, 0.1) is 6.54 Å². The summed E-state index contributed by atoms with van der Waals surface area (Å²) in [4.78, 5) is 14.0. The van der Waals surface area contributed by atoms with E-state index in [1.54, 1.807) is 0 Å². The molecule has 1 aromatic carbocycles. The Balaban J connectivity index is 1.45. The lowest BCUT2D eigenvalue weighted by Crippen LogP contribution is -2.41. The SMILES string of the molecule is O=C(CN1CCC(c2ccccc2)CC1)NC1CC1. The third kappa shape index (κ3) is 3.57. The summed E-state index contributed by atoms with van der Waals surface area (Å²) in [5, 5.41) is 3.06. The van der Waals surface area contributed by atoms with Crippen molar-refractivity contribution in [2.45, 2.75) is 37.6 Å². The molecule has 1 aliphatic heterocycles. The lowest BCUT2D eigenvalue weighted by molar-refractivity contribution is -0.122. The zero-order valence-electron chi connectivity index (χ0n) is 11.3. The summed E-state index contributed by atoms with van der Waals surface area (Å²) in [6.45, 7) is 2.66. The average molecular weight is 258 g/mol. The van der Waals surface area contributed by atoms with Crippen molar-refractivity contribution >= 4 is 5.91 Å². The minimum absolute atomic E-state index is 0.209. The summed E-state index contributed by atoms with van der Waals surface area (Å²) in [6, 6.07) is 11.2. The summed E-state index contributed by atoms with van der Waals surface area (Å²) < 4.78 is 0. The molecule has 102 valence electrons. The number of nitrogens with one attached hydrogen (secondary N) is 1. The highest BCUT2D eigenvalue weighted by molar-refractivity contribution is 5.78. The Hall–Kier alpha value is -1.35. The van der Waals surface area contributed by atoms with E-state index in [2.05, 4.69) is 40.5 Å². The highest BCUT2D eigenvalue weighted by atomic mass is 16.2. The molecule has 2 aliphatic rings. The zero-order chi connectivity index (χ0) is 13.1. The first-order valence-corrected chi connectivity index (χ1v) is 7.38. The second-order valence-electron chi connectivity index (χ2n) is 5.80. The highest BCUT2D eigenvalue weighted by Gasteiger charge is 2.26. The molecule has 2 fully saturated rings. The predicted molar refractivity (Wildman–Crippen MR) is 76.0 cm³/mol. The highest BCUT2D eigenvalue weighted by Crippen LogP contribution is 2.27. The van der Waals surface area contributed by atoms with Crippen molar-refractivity contribution in [1.29, 1.82) is 0 Å². The van der Waals surface area contributed by atoms with Gasteiger partial charge in [-0.2, -0.15) is 0 Å². The molecule has 3 nitrogen and oxygen atoms in total. The smallest absolute Gasteiger partial charge is 0.234 e. The van der Waals surface area contributed by atoms with Gasteiger partial charge in [-0.1, -0.05) is 30.3 Å². The third-order valence-electron chi connectivity index (χ3n) is 4.17. The summed E-state index contributed by atoms with van der Waals surface area (Å²) >= 11 is 0. The molecular weight excluding hydrogens is 236 g/mol. The van der Waals surface area contributed by atoms with Crippen LogP contribution < -0.4 is 5.32 Å². The summed E-state index contributed by atoms with van der Waals surface area (Å²) in [6.07, 6.45) is 4.67. The van der Waals surface area contributed by atoms with Crippen LogP contribution in [0.1, 0.15) is 37.2 Å². The monoisotopic (exact) mass is 258 g/mol. The number of likely N-dealkylation sites (tertiary alicyclic amines) is 1. The van der Waals surface area contributed by atoms with Gasteiger partial charge in [-0.25, -0.2) is 0 Å². The third-order valence-corrected chi connectivity index (χ3v) is 4.17. The van der Waals surface area contributed by atoms with Crippen LogP contribution in [0, 0.1) is 0 Å². The summed E-state index contributed by atoms with van der Waals surface area (Å²) in [5.41, 5.74) is 1.45. The van der Waals surface area contributed by atoms with Crippen LogP contribution in [-0.2, 0) is 4.79 Å². The Labute approximate surface area is 115 Å². The molecule has 0 spiro atoms. The molecule has 1 saturated carbocycles. The van der Waals surface area contributed by atoms with Crippen LogP contribution in [0.3, 0.4) is 0 Å². The summed E-state index contributed by atoms with van der Waals surface area (Å²) in [7, 11) is 0. The van der Waals surface area contributed by atoms with Crippen molar-refractivity contribution in [3.8, 4) is 0 Å². The van der Waals surface area contributed by atoms with Gasteiger partial charge in [0.1, 0.15) is 0 Å². The van der Waals surface area contributed by atoms with Gasteiger partial charge in [0.15, 0.2) is 0 Å². The second-order valence-corrected chi connectivity index (χ2v) is 5.80. The first-order chi connectivity index (χ1) is 9.31.